The highest BCUT2D eigenvalue weighted by atomic mass is 19.4. The Morgan fingerprint density at radius 2 is 2.12 bits per heavy atom. The number of aromatic nitrogens is 1. The van der Waals surface area contributed by atoms with Crippen LogP contribution < -0.4 is 5.73 Å². The summed E-state index contributed by atoms with van der Waals surface area (Å²) >= 11 is 0. The molecule has 0 radical (unpaired) electrons. The van der Waals surface area contributed by atoms with Crippen molar-refractivity contribution in [3.63, 3.8) is 0 Å². The molecule has 0 fully saturated rings. The highest BCUT2D eigenvalue weighted by Gasteiger charge is 2.35. The monoisotopic (exact) mass is 227 g/mol. The minimum atomic E-state index is -4.56. The van der Waals surface area contributed by atoms with Gasteiger partial charge in [0.2, 0.25) is 0 Å². The summed E-state index contributed by atoms with van der Waals surface area (Å²) in [6, 6.07) is 4.28. The zero-order valence-corrected chi connectivity index (χ0v) is 8.12. The maximum absolute atomic E-state index is 12.6. The summed E-state index contributed by atoms with van der Waals surface area (Å²) < 4.78 is 37.7. The fourth-order valence-corrected chi connectivity index (χ4v) is 1.17. The summed E-state index contributed by atoms with van der Waals surface area (Å²) in [5, 5.41) is 8.40. The summed E-state index contributed by atoms with van der Waals surface area (Å²) in [4.78, 5) is 3.41. The lowest BCUT2D eigenvalue weighted by molar-refractivity contribution is -0.141. The Morgan fingerprint density at radius 3 is 2.62 bits per heavy atom. The van der Waals surface area contributed by atoms with Gasteiger partial charge >= 0.3 is 6.18 Å². The van der Waals surface area contributed by atoms with E-state index in [4.69, 9.17) is 11.0 Å². The molecule has 2 N–H and O–H groups in total. The van der Waals surface area contributed by atoms with Gasteiger partial charge in [-0.3, -0.25) is 0 Å². The van der Waals surface area contributed by atoms with Gasteiger partial charge in [0.15, 0.2) is 0 Å². The normalized spacial score (nSPS) is 11.6. The van der Waals surface area contributed by atoms with Gasteiger partial charge in [0.05, 0.1) is 18.2 Å². The molecular weight excluding hydrogens is 219 g/mol. The first-order valence-corrected chi connectivity index (χ1v) is 4.31. The molecule has 0 saturated carbocycles. The van der Waals surface area contributed by atoms with Gasteiger partial charge in [0.1, 0.15) is 5.69 Å². The standard InChI is InChI=1S/C10H8F3N3/c11-10(12,13)9-7(3-5-14)1-2-8(16-9)4-6-15/h1-2,4,6H,3,15H2/b6-4+. The molecule has 3 nitrogen and oxygen atoms in total. The van der Waals surface area contributed by atoms with Crippen molar-refractivity contribution >= 4 is 6.08 Å². The van der Waals surface area contributed by atoms with Crippen molar-refractivity contribution in [3.05, 3.63) is 35.3 Å². The first-order valence-electron chi connectivity index (χ1n) is 4.31. The van der Waals surface area contributed by atoms with Crippen molar-refractivity contribution < 1.29 is 13.2 Å². The van der Waals surface area contributed by atoms with Crippen LogP contribution in [0.3, 0.4) is 0 Å². The molecule has 0 bridgehead atoms. The van der Waals surface area contributed by atoms with E-state index in [9.17, 15) is 13.2 Å². The van der Waals surface area contributed by atoms with Crippen molar-refractivity contribution in [1.82, 2.24) is 4.98 Å². The molecule has 1 aromatic heterocycles. The number of hydrogen-bond donors (Lipinski definition) is 1. The van der Waals surface area contributed by atoms with E-state index in [0.29, 0.717) is 0 Å². The van der Waals surface area contributed by atoms with Gasteiger partial charge in [-0.25, -0.2) is 4.98 Å². The van der Waals surface area contributed by atoms with Crippen molar-refractivity contribution in [2.45, 2.75) is 12.6 Å². The van der Waals surface area contributed by atoms with E-state index in [1.807, 2.05) is 0 Å². The second-order valence-electron chi connectivity index (χ2n) is 2.94. The van der Waals surface area contributed by atoms with E-state index in [0.717, 1.165) is 6.20 Å². The first-order chi connectivity index (χ1) is 7.49. The smallest absolute Gasteiger partial charge is 0.405 e. The third kappa shape index (κ3) is 2.73. The Hall–Kier alpha value is -2.03. The predicted octanol–water partition coefficient (Wildman–Crippen LogP) is 2.10. The van der Waals surface area contributed by atoms with Crippen LogP contribution in [-0.2, 0) is 12.6 Å². The topological polar surface area (TPSA) is 62.7 Å². The van der Waals surface area contributed by atoms with Gasteiger partial charge < -0.3 is 5.73 Å². The molecular formula is C10H8F3N3. The number of nitrogens with two attached hydrogens (primary N) is 1. The van der Waals surface area contributed by atoms with Crippen molar-refractivity contribution in [3.8, 4) is 6.07 Å². The van der Waals surface area contributed by atoms with Crippen LogP contribution >= 0.6 is 0 Å². The van der Waals surface area contributed by atoms with E-state index < -0.39 is 11.9 Å². The Morgan fingerprint density at radius 1 is 1.44 bits per heavy atom. The average Bonchev–Trinajstić information content (AvgIpc) is 2.19. The predicted molar refractivity (Wildman–Crippen MR) is 51.8 cm³/mol. The highest BCUT2D eigenvalue weighted by molar-refractivity contribution is 5.45. The van der Waals surface area contributed by atoms with E-state index in [1.165, 1.54) is 18.2 Å². The first kappa shape index (κ1) is 12.0. The van der Waals surface area contributed by atoms with E-state index in [-0.39, 0.29) is 17.7 Å². The summed E-state index contributed by atoms with van der Waals surface area (Å²) in [6.45, 7) is 0. The Balaban J connectivity index is 3.28. The third-order valence-electron chi connectivity index (χ3n) is 1.81. The number of pyridine rings is 1. The van der Waals surface area contributed by atoms with Crippen LogP contribution in [-0.4, -0.2) is 4.98 Å². The average molecular weight is 227 g/mol. The fourth-order valence-electron chi connectivity index (χ4n) is 1.17. The van der Waals surface area contributed by atoms with Crippen LogP contribution in [0, 0.1) is 11.3 Å². The number of alkyl halides is 3. The van der Waals surface area contributed by atoms with Crippen LogP contribution in [0.15, 0.2) is 18.3 Å². The van der Waals surface area contributed by atoms with Crippen LogP contribution in [0.4, 0.5) is 13.2 Å². The van der Waals surface area contributed by atoms with Gasteiger partial charge in [-0.1, -0.05) is 6.07 Å². The van der Waals surface area contributed by atoms with Crippen LogP contribution in [0.1, 0.15) is 17.0 Å². The molecule has 0 amide bonds. The van der Waals surface area contributed by atoms with E-state index in [2.05, 4.69) is 4.98 Å². The minimum Gasteiger partial charge on any atom is -0.405 e. The second-order valence-corrected chi connectivity index (χ2v) is 2.94. The van der Waals surface area contributed by atoms with Gasteiger partial charge in [-0.2, -0.15) is 18.4 Å². The molecule has 1 heterocycles. The van der Waals surface area contributed by atoms with E-state index >= 15 is 0 Å². The number of rotatable bonds is 2. The number of hydrogen-bond acceptors (Lipinski definition) is 3. The maximum Gasteiger partial charge on any atom is 0.433 e. The lowest BCUT2D eigenvalue weighted by atomic mass is 10.1. The lowest BCUT2D eigenvalue weighted by Gasteiger charge is -2.10. The molecule has 0 unspecified atom stereocenters. The third-order valence-corrected chi connectivity index (χ3v) is 1.81. The molecule has 1 rings (SSSR count). The summed E-state index contributed by atoms with van der Waals surface area (Å²) in [5.74, 6) is 0. The Labute approximate surface area is 90.0 Å². The molecule has 6 heteroatoms. The van der Waals surface area contributed by atoms with Gasteiger partial charge in [0, 0.05) is 0 Å². The molecule has 0 aromatic carbocycles. The summed E-state index contributed by atoms with van der Waals surface area (Å²) in [5.41, 5.74) is 4.00. The molecule has 0 aliphatic rings. The molecule has 84 valence electrons. The minimum absolute atomic E-state index is 0.108. The zero-order valence-electron chi connectivity index (χ0n) is 8.12. The maximum atomic E-state index is 12.6. The van der Waals surface area contributed by atoms with Crippen LogP contribution in [0.25, 0.3) is 6.08 Å². The molecule has 1 aromatic rings. The molecule has 0 aliphatic heterocycles. The Kier molecular flexibility index (Phi) is 3.51. The molecule has 0 atom stereocenters. The van der Waals surface area contributed by atoms with Crippen molar-refractivity contribution in [2.75, 3.05) is 0 Å². The molecule has 0 aliphatic carbocycles. The SMILES string of the molecule is N#CCc1ccc(/C=C/N)nc1C(F)(F)F. The lowest BCUT2D eigenvalue weighted by Crippen LogP contribution is -2.12. The van der Waals surface area contributed by atoms with Crippen LogP contribution in [0.2, 0.25) is 0 Å². The highest BCUT2D eigenvalue weighted by Crippen LogP contribution is 2.30. The second kappa shape index (κ2) is 4.66. The van der Waals surface area contributed by atoms with Gasteiger partial charge in [-0.15, -0.1) is 0 Å². The Bertz CT molecular complexity index is 444. The summed E-state index contributed by atoms with van der Waals surface area (Å²) in [6.07, 6.45) is -2.53. The largest absolute Gasteiger partial charge is 0.433 e. The zero-order chi connectivity index (χ0) is 12.2. The quantitative estimate of drug-likeness (QED) is 0.841. The molecule has 16 heavy (non-hydrogen) atoms. The summed E-state index contributed by atoms with van der Waals surface area (Å²) in [7, 11) is 0. The van der Waals surface area contributed by atoms with Gasteiger partial charge in [0.25, 0.3) is 0 Å². The van der Waals surface area contributed by atoms with Crippen molar-refractivity contribution in [1.29, 1.82) is 5.26 Å². The number of nitrogens with zero attached hydrogens (tertiary/aromatic N) is 2. The number of halogens is 3. The fraction of sp³-hybridized carbons (Fsp3) is 0.200. The molecule has 0 spiro atoms. The molecule has 0 saturated heterocycles. The van der Waals surface area contributed by atoms with Crippen molar-refractivity contribution in [2.24, 2.45) is 5.73 Å². The van der Waals surface area contributed by atoms with Crippen LogP contribution in [0.5, 0.6) is 0 Å². The van der Waals surface area contributed by atoms with E-state index in [1.54, 1.807) is 6.07 Å². The number of nitriles is 1. The van der Waals surface area contributed by atoms with Gasteiger partial charge in [-0.05, 0) is 23.9 Å².